The van der Waals surface area contributed by atoms with Crippen LogP contribution in [0.25, 0.3) is 10.9 Å². The van der Waals surface area contributed by atoms with Gasteiger partial charge in [0.2, 0.25) is 5.91 Å². The molecule has 162 valence electrons. The number of para-hydroxylation sites is 1. The van der Waals surface area contributed by atoms with Crippen molar-refractivity contribution in [2.45, 2.75) is 51.1 Å². The zero-order valence-corrected chi connectivity index (χ0v) is 18.2. The number of fused-ring (bicyclic) bond motifs is 2. The van der Waals surface area contributed by atoms with E-state index in [1.165, 1.54) is 62.6 Å². The molecular weight excluding hydrogens is 372 g/mol. The molecule has 0 radical (unpaired) electrons. The maximum absolute atomic E-state index is 12.8. The summed E-state index contributed by atoms with van der Waals surface area (Å²) < 4.78 is 2.21. The van der Waals surface area contributed by atoms with Gasteiger partial charge in [-0.3, -0.25) is 9.69 Å². The Morgan fingerprint density at radius 1 is 0.900 bits per heavy atom. The highest BCUT2D eigenvalue weighted by atomic mass is 16.2. The quantitative estimate of drug-likeness (QED) is 0.760. The summed E-state index contributed by atoms with van der Waals surface area (Å²) in [4.78, 5) is 20.3. The van der Waals surface area contributed by atoms with Crippen molar-refractivity contribution in [1.29, 1.82) is 0 Å². The van der Waals surface area contributed by atoms with Gasteiger partial charge in [0.05, 0.1) is 0 Å². The molecule has 5 nitrogen and oxygen atoms in total. The van der Waals surface area contributed by atoms with Crippen LogP contribution < -0.4 is 0 Å². The van der Waals surface area contributed by atoms with E-state index in [2.05, 4.69) is 55.8 Å². The molecule has 3 saturated heterocycles. The molecule has 3 fully saturated rings. The van der Waals surface area contributed by atoms with Crippen LogP contribution in [0.5, 0.6) is 0 Å². The molecule has 0 aliphatic carbocycles. The van der Waals surface area contributed by atoms with Crippen molar-refractivity contribution >= 4 is 16.8 Å². The van der Waals surface area contributed by atoms with Gasteiger partial charge in [-0.05, 0) is 62.2 Å². The number of rotatable bonds is 5. The van der Waals surface area contributed by atoms with E-state index >= 15 is 0 Å². The fraction of sp³-hybridized carbons (Fsp3) is 0.640. The lowest BCUT2D eigenvalue weighted by atomic mass is 9.83. The zero-order chi connectivity index (χ0) is 20.3. The van der Waals surface area contributed by atoms with Gasteiger partial charge in [-0.25, -0.2) is 0 Å². The van der Waals surface area contributed by atoms with E-state index in [4.69, 9.17) is 0 Å². The molecule has 3 aliphatic rings. The van der Waals surface area contributed by atoms with E-state index in [-0.39, 0.29) is 0 Å². The van der Waals surface area contributed by atoms with Gasteiger partial charge in [-0.1, -0.05) is 24.6 Å². The molecule has 1 unspecified atom stereocenters. The normalized spacial score (nSPS) is 26.1. The van der Waals surface area contributed by atoms with Crippen molar-refractivity contribution in [3.8, 4) is 0 Å². The minimum atomic E-state index is 0.309. The lowest BCUT2D eigenvalue weighted by Gasteiger charge is -2.46. The first-order chi connectivity index (χ1) is 14.8. The third-order valence-corrected chi connectivity index (χ3v) is 7.69. The first kappa shape index (κ1) is 20.1. The molecule has 2 aromatic rings. The second-order valence-electron chi connectivity index (χ2n) is 9.50. The van der Waals surface area contributed by atoms with Crippen molar-refractivity contribution < 1.29 is 4.79 Å². The maximum atomic E-state index is 12.8. The summed E-state index contributed by atoms with van der Waals surface area (Å²) in [5.74, 6) is 1.15. The van der Waals surface area contributed by atoms with Crippen molar-refractivity contribution in [3.05, 3.63) is 36.5 Å². The van der Waals surface area contributed by atoms with Crippen LogP contribution in [0.3, 0.4) is 0 Å². The molecule has 1 aromatic heterocycles. The van der Waals surface area contributed by atoms with Crippen LogP contribution in [0.15, 0.2) is 36.5 Å². The highest BCUT2D eigenvalue weighted by Crippen LogP contribution is 2.31. The Morgan fingerprint density at radius 3 is 2.63 bits per heavy atom. The average molecular weight is 409 g/mol. The van der Waals surface area contributed by atoms with Gasteiger partial charge >= 0.3 is 0 Å². The van der Waals surface area contributed by atoms with Crippen LogP contribution in [-0.2, 0) is 11.3 Å². The van der Waals surface area contributed by atoms with Crippen molar-refractivity contribution in [3.63, 3.8) is 0 Å². The number of carbonyl (C=O) groups is 1. The van der Waals surface area contributed by atoms with Crippen molar-refractivity contribution in [2.75, 3.05) is 45.8 Å². The Morgan fingerprint density at radius 2 is 1.73 bits per heavy atom. The number of hydrogen-bond donors (Lipinski definition) is 0. The molecule has 3 aliphatic heterocycles. The molecule has 1 amide bonds. The van der Waals surface area contributed by atoms with Crippen LogP contribution in [0.4, 0.5) is 0 Å². The first-order valence-corrected chi connectivity index (χ1v) is 12.1. The van der Waals surface area contributed by atoms with Gasteiger partial charge in [0, 0.05) is 63.4 Å². The van der Waals surface area contributed by atoms with Crippen molar-refractivity contribution in [1.82, 2.24) is 19.3 Å². The topological polar surface area (TPSA) is 31.7 Å². The highest BCUT2D eigenvalue weighted by Gasteiger charge is 2.34. The van der Waals surface area contributed by atoms with Crippen LogP contribution in [0.2, 0.25) is 0 Å². The van der Waals surface area contributed by atoms with Gasteiger partial charge in [0.1, 0.15) is 0 Å². The SMILES string of the molecule is O=C(CCn1ccc2ccccc21)N1CCN(CC2CCCN3CCCC[C@@H]23)CC1. The summed E-state index contributed by atoms with van der Waals surface area (Å²) in [6.07, 6.45) is 9.67. The van der Waals surface area contributed by atoms with Crippen LogP contribution in [-0.4, -0.2) is 77.0 Å². The predicted octanol–water partition coefficient (Wildman–Crippen LogP) is 3.44. The molecule has 0 saturated carbocycles. The lowest BCUT2D eigenvalue weighted by molar-refractivity contribution is -0.133. The number of nitrogens with zero attached hydrogens (tertiary/aromatic N) is 4. The monoisotopic (exact) mass is 408 g/mol. The fourth-order valence-electron chi connectivity index (χ4n) is 6.01. The molecule has 4 heterocycles. The van der Waals surface area contributed by atoms with Gasteiger partial charge < -0.3 is 14.4 Å². The number of piperidine rings is 2. The summed E-state index contributed by atoms with van der Waals surface area (Å²) in [6.45, 7) is 8.52. The Balaban J connectivity index is 1.09. The number of benzene rings is 1. The standard InChI is InChI=1S/C25H36N4O/c30-25(11-15-28-14-10-21-6-1-2-8-23(21)28)29-18-16-26(17-19-29)20-22-7-5-13-27-12-4-3-9-24(22)27/h1-2,6,8,10,14,22,24H,3-5,7,9,11-13,15-20H2/t22?,24-/m0/s1. The number of aryl methyl sites for hydroxylation is 1. The van der Waals surface area contributed by atoms with Gasteiger partial charge in [-0.15, -0.1) is 0 Å². The summed E-state index contributed by atoms with van der Waals surface area (Å²) in [7, 11) is 0. The Bertz CT molecular complexity index is 852. The highest BCUT2D eigenvalue weighted by molar-refractivity contribution is 5.80. The van der Waals surface area contributed by atoms with Gasteiger partial charge in [0.25, 0.3) is 0 Å². The molecule has 5 heteroatoms. The Kier molecular flexibility index (Phi) is 6.09. The van der Waals surface area contributed by atoms with E-state index in [9.17, 15) is 4.79 Å². The third kappa shape index (κ3) is 4.28. The zero-order valence-electron chi connectivity index (χ0n) is 18.2. The van der Waals surface area contributed by atoms with E-state index in [1.54, 1.807) is 0 Å². The summed E-state index contributed by atoms with van der Waals surface area (Å²) >= 11 is 0. The van der Waals surface area contributed by atoms with Crippen LogP contribution in [0, 0.1) is 5.92 Å². The second kappa shape index (κ2) is 9.11. The number of hydrogen-bond acceptors (Lipinski definition) is 3. The fourth-order valence-corrected chi connectivity index (χ4v) is 6.01. The number of amides is 1. The molecule has 0 spiro atoms. The summed E-state index contributed by atoms with van der Waals surface area (Å²) in [6, 6.07) is 11.4. The number of carbonyl (C=O) groups excluding carboxylic acids is 1. The molecule has 30 heavy (non-hydrogen) atoms. The van der Waals surface area contributed by atoms with Gasteiger partial charge in [0.15, 0.2) is 0 Å². The summed E-state index contributed by atoms with van der Waals surface area (Å²) in [5.41, 5.74) is 1.22. The molecule has 5 rings (SSSR count). The minimum Gasteiger partial charge on any atom is -0.347 e. The minimum absolute atomic E-state index is 0.309. The van der Waals surface area contributed by atoms with E-state index in [1.807, 2.05) is 0 Å². The van der Waals surface area contributed by atoms with Gasteiger partial charge in [-0.2, -0.15) is 0 Å². The van der Waals surface area contributed by atoms with E-state index < -0.39 is 0 Å². The third-order valence-electron chi connectivity index (χ3n) is 7.69. The van der Waals surface area contributed by atoms with Crippen LogP contribution >= 0.6 is 0 Å². The Hall–Kier alpha value is -1.85. The molecule has 1 aromatic carbocycles. The number of piperazine rings is 1. The molecule has 0 bridgehead atoms. The Labute approximate surface area is 180 Å². The summed E-state index contributed by atoms with van der Waals surface area (Å²) in [5, 5.41) is 1.25. The second-order valence-corrected chi connectivity index (χ2v) is 9.50. The smallest absolute Gasteiger partial charge is 0.224 e. The lowest BCUT2D eigenvalue weighted by Crippen LogP contribution is -2.54. The van der Waals surface area contributed by atoms with E-state index in [0.29, 0.717) is 12.3 Å². The maximum Gasteiger partial charge on any atom is 0.224 e. The van der Waals surface area contributed by atoms with Crippen molar-refractivity contribution in [2.24, 2.45) is 5.92 Å². The predicted molar refractivity (Wildman–Crippen MR) is 122 cm³/mol. The van der Waals surface area contributed by atoms with Crippen LogP contribution in [0.1, 0.15) is 38.5 Å². The number of aromatic nitrogens is 1. The average Bonchev–Trinajstić information content (AvgIpc) is 3.21. The largest absolute Gasteiger partial charge is 0.347 e. The molecule has 0 N–H and O–H groups in total. The first-order valence-electron chi connectivity index (χ1n) is 12.1. The molecular formula is C25H36N4O. The van der Waals surface area contributed by atoms with E-state index in [0.717, 1.165) is 44.7 Å². The molecule has 2 atom stereocenters.